The van der Waals surface area contributed by atoms with Gasteiger partial charge >= 0.3 is 0 Å². The summed E-state index contributed by atoms with van der Waals surface area (Å²) in [5.74, 6) is -0.158. The summed E-state index contributed by atoms with van der Waals surface area (Å²) in [6, 6.07) is 9.20. The van der Waals surface area contributed by atoms with Crippen LogP contribution in [0.25, 0.3) is 0 Å². The lowest BCUT2D eigenvalue weighted by atomic mass is 10.2. The van der Waals surface area contributed by atoms with E-state index < -0.39 is 5.91 Å². The Bertz CT molecular complexity index is 782. The molecule has 0 saturated heterocycles. The van der Waals surface area contributed by atoms with E-state index >= 15 is 0 Å². The first kappa shape index (κ1) is 12.9. The van der Waals surface area contributed by atoms with Gasteiger partial charge in [0.1, 0.15) is 11.4 Å². The van der Waals surface area contributed by atoms with E-state index in [-0.39, 0.29) is 23.8 Å². The SMILES string of the molecule is O=C1COc2ccc(NC(=O)c3cccc(=O)[nH]3)cc2N1. The third-order valence-electron chi connectivity index (χ3n) is 2.88. The van der Waals surface area contributed by atoms with Gasteiger partial charge in [0.2, 0.25) is 5.56 Å². The number of benzene rings is 1. The number of rotatable bonds is 2. The highest BCUT2D eigenvalue weighted by Gasteiger charge is 2.16. The van der Waals surface area contributed by atoms with Gasteiger partial charge in [0.15, 0.2) is 6.61 Å². The molecule has 1 aliphatic rings. The fourth-order valence-corrected chi connectivity index (χ4v) is 1.94. The first-order chi connectivity index (χ1) is 10.1. The van der Waals surface area contributed by atoms with Crippen LogP contribution in [0.1, 0.15) is 10.5 Å². The Hall–Kier alpha value is -3.09. The molecule has 1 aliphatic heterocycles. The zero-order valence-electron chi connectivity index (χ0n) is 10.8. The zero-order valence-corrected chi connectivity index (χ0v) is 10.8. The predicted molar refractivity (Wildman–Crippen MR) is 75.6 cm³/mol. The molecule has 0 unspecified atom stereocenters. The van der Waals surface area contributed by atoms with Crippen LogP contribution in [0.3, 0.4) is 0 Å². The molecule has 0 fully saturated rings. The van der Waals surface area contributed by atoms with Crippen molar-refractivity contribution in [2.24, 2.45) is 0 Å². The second kappa shape index (κ2) is 5.12. The summed E-state index contributed by atoms with van der Waals surface area (Å²) in [6.45, 7) is -0.0239. The quantitative estimate of drug-likeness (QED) is 0.765. The van der Waals surface area contributed by atoms with Gasteiger partial charge in [-0.3, -0.25) is 14.4 Å². The van der Waals surface area contributed by atoms with E-state index in [2.05, 4.69) is 15.6 Å². The van der Waals surface area contributed by atoms with Crippen molar-refractivity contribution in [2.45, 2.75) is 0 Å². The van der Waals surface area contributed by atoms with E-state index in [9.17, 15) is 14.4 Å². The van der Waals surface area contributed by atoms with Crippen LogP contribution >= 0.6 is 0 Å². The van der Waals surface area contributed by atoms with E-state index in [1.54, 1.807) is 18.2 Å². The van der Waals surface area contributed by atoms with Crippen LogP contribution in [0.5, 0.6) is 5.75 Å². The van der Waals surface area contributed by atoms with Crippen molar-refractivity contribution >= 4 is 23.2 Å². The highest BCUT2D eigenvalue weighted by Crippen LogP contribution is 2.30. The van der Waals surface area contributed by atoms with Gasteiger partial charge in [-0.1, -0.05) is 6.07 Å². The molecule has 0 saturated carbocycles. The normalized spacial score (nSPS) is 12.9. The van der Waals surface area contributed by atoms with Crippen LogP contribution in [0.15, 0.2) is 41.2 Å². The highest BCUT2D eigenvalue weighted by molar-refractivity contribution is 6.03. The van der Waals surface area contributed by atoms with Gasteiger partial charge in [-0.15, -0.1) is 0 Å². The molecule has 0 bridgehead atoms. The molecule has 7 nitrogen and oxygen atoms in total. The van der Waals surface area contributed by atoms with Crippen molar-refractivity contribution in [3.8, 4) is 5.75 Å². The summed E-state index contributed by atoms with van der Waals surface area (Å²) in [5, 5.41) is 5.28. The van der Waals surface area contributed by atoms with Crippen LogP contribution in [0, 0.1) is 0 Å². The molecule has 1 aromatic carbocycles. The number of carbonyl (C=O) groups excluding carboxylic acids is 2. The Balaban J connectivity index is 1.82. The predicted octanol–water partition coefficient (Wildman–Crippen LogP) is 0.958. The molecule has 21 heavy (non-hydrogen) atoms. The van der Waals surface area contributed by atoms with Gasteiger partial charge in [-0.05, 0) is 24.3 Å². The molecular formula is C14H11N3O4. The van der Waals surface area contributed by atoms with E-state index in [4.69, 9.17) is 4.74 Å². The number of hydrogen-bond donors (Lipinski definition) is 3. The topological polar surface area (TPSA) is 100 Å². The molecule has 3 rings (SSSR count). The van der Waals surface area contributed by atoms with Gasteiger partial charge in [0.25, 0.3) is 11.8 Å². The zero-order chi connectivity index (χ0) is 14.8. The Labute approximate surface area is 118 Å². The molecule has 3 N–H and O–H groups in total. The molecule has 0 spiro atoms. The van der Waals surface area contributed by atoms with E-state index in [0.717, 1.165) is 0 Å². The van der Waals surface area contributed by atoms with E-state index in [0.29, 0.717) is 17.1 Å². The van der Waals surface area contributed by atoms with E-state index in [1.807, 2.05) is 0 Å². The third kappa shape index (κ3) is 2.76. The van der Waals surface area contributed by atoms with Crippen molar-refractivity contribution in [2.75, 3.05) is 17.2 Å². The molecule has 1 aromatic heterocycles. The van der Waals surface area contributed by atoms with Crippen LogP contribution in [0.4, 0.5) is 11.4 Å². The lowest BCUT2D eigenvalue weighted by Gasteiger charge is -2.18. The number of aromatic amines is 1. The number of anilines is 2. The van der Waals surface area contributed by atoms with Crippen molar-refractivity contribution < 1.29 is 14.3 Å². The highest BCUT2D eigenvalue weighted by atomic mass is 16.5. The summed E-state index contributed by atoms with van der Waals surface area (Å²) >= 11 is 0. The number of ether oxygens (including phenoxy) is 1. The minimum atomic E-state index is -0.448. The second-order valence-electron chi connectivity index (χ2n) is 4.43. The van der Waals surface area contributed by atoms with Crippen molar-refractivity contribution in [1.82, 2.24) is 4.98 Å². The van der Waals surface area contributed by atoms with Crippen LogP contribution < -0.4 is 20.9 Å². The second-order valence-corrected chi connectivity index (χ2v) is 4.43. The van der Waals surface area contributed by atoms with Crippen LogP contribution in [-0.2, 0) is 4.79 Å². The van der Waals surface area contributed by atoms with Crippen molar-refractivity contribution in [3.05, 3.63) is 52.4 Å². The largest absolute Gasteiger partial charge is 0.482 e. The monoisotopic (exact) mass is 285 g/mol. The first-order valence-corrected chi connectivity index (χ1v) is 6.19. The lowest BCUT2D eigenvalue weighted by Crippen LogP contribution is -2.25. The number of nitrogens with one attached hydrogen (secondary N) is 3. The summed E-state index contributed by atoms with van der Waals surface area (Å²) < 4.78 is 5.22. The fraction of sp³-hybridized carbons (Fsp3) is 0.0714. The lowest BCUT2D eigenvalue weighted by molar-refractivity contribution is -0.118. The molecule has 106 valence electrons. The van der Waals surface area contributed by atoms with E-state index in [1.165, 1.54) is 18.2 Å². The molecule has 0 radical (unpaired) electrons. The van der Waals surface area contributed by atoms with Gasteiger partial charge in [-0.25, -0.2) is 0 Å². The van der Waals surface area contributed by atoms with Gasteiger partial charge in [-0.2, -0.15) is 0 Å². The average Bonchev–Trinajstić information content (AvgIpc) is 2.46. The minimum absolute atomic E-state index is 0.0239. The average molecular weight is 285 g/mol. The molecule has 2 aromatic rings. The fourth-order valence-electron chi connectivity index (χ4n) is 1.94. The number of fused-ring (bicyclic) bond motifs is 1. The van der Waals surface area contributed by atoms with Gasteiger partial charge in [0.05, 0.1) is 5.69 Å². The molecule has 0 aliphatic carbocycles. The Morgan fingerprint density at radius 1 is 1.19 bits per heavy atom. The van der Waals surface area contributed by atoms with Gasteiger partial charge in [0, 0.05) is 11.8 Å². The smallest absolute Gasteiger partial charge is 0.272 e. The summed E-state index contributed by atoms with van der Waals surface area (Å²) in [4.78, 5) is 36.9. The number of H-pyrrole nitrogens is 1. The van der Waals surface area contributed by atoms with Crippen LogP contribution in [0.2, 0.25) is 0 Å². The summed E-state index contributed by atoms with van der Waals surface area (Å²) in [6.07, 6.45) is 0. The molecular weight excluding hydrogens is 274 g/mol. The molecule has 2 heterocycles. The van der Waals surface area contributed by atoms with Gasteiger partial charge < -0.3 is 20.4 Å². The number of hydrogen-bond acceptors (Lipinski definition) is 4. The maximum Gasteiger partial charge on any atom is 0.272 e. The number of carbonyl (C=O) groups is 2. The molecule has 2 amide bonds. The Kier molecular flexibility index (Phi) is 3.15. The van der Waals surface area contributed by atoms with Crippen molar-refractivity contribution in [1.29, 1.82) is 0 Å². The first-order valence-electron chi connectivity index (χ1n) is 6.19. The Morgan fingerprint density at radius 3 is 2.86 bits per heavy atom. The number of amides is 2. The standard InChI is InChI=1S/C14H11N3O4/c18-12-3-1-2-9(16-12)14(20)15-8-4-5-11-10(6-8)17-13(19)7-21-11/h1-6H,7H2,(H,15,20)(H,16,18)(H,17,19). The maximum absolute atomic E-state index is 12.0. The summed E-state index contributed by atoms with van der Waals surface area (Å²) in [7, 11) is 0. The minimum Gasteiger partial charge on any atom is -0.482 e. The summed E-state index contributed by atoms with van der Waals surface area (Å²) in [5.41, 5.74) is 0.772. The maximum atomic E-state index is 12.0. The number of aromatic nitrogens is 1. The van der Waals surface area contributed by atoms with Crippen molar-refractivity contribution in [3.63, 3.8) is 0 Å². The third-order valence-corrected chi connectivity index (χ3v) is 2.88. The van der Waals surface area contributed by atoms with Crippen LogP contribution in [-0.4, -0.2) is 23.4 Å². The number of pyridine rings is 1. The molecule has 7 heteroatoms. The molecule has 0 atom stereocenters. The Morgan fingerprint density at radius 2 is 2.05 bits per heavy atom.